The van der Waals surface area contributed by atoms with Crippen LogP contribution in [0.2, 0.25) is 0 Å². The van der Waals surface area contributed by atoms with Crippen LogP contribution in [0.5, 0.6) is 5.75 Å². The van der Waals surface area contributed by atoms with E-state index >= 15 is 0 Å². The molecule has 3 saturated carbocycles. The normalized spacial score (nSPS) is 29.9. The molecule has 1 aromatic rings. The van der Waals surface area contributed by atoms with Crippen LogP contribution in [0.3, 0.4) is 0 Å². The van der Waals surface area contributed by atoms with E-state index in [0.29, 0.717) is 24.2 Å². The number of aliphatic carboxylic acids is 1. The molecule has 2 bridgehead atoms. The van der Waals surface area contributed by atoms with Crippen LogP contribution in [0.1, 0.15) is 51.9 Å². The molecule has 6 rings (SSSR count). The summed E-state index contributed by atoms with van der Waals surface area (Å²) in [5, 5.41) is 8.86. The number of carboxylic acids is 1. The Hall–Kier alpha value is -2.33. The molecule has 1 aromatic carbocycles. The van der Waals surface area contributed by atoms with Crippen LogP contribution in [0.25, 0.3) is 0 Å². The number of carbonyl (C=O) groups is 1. The fourth-order valence-corrected chi connectivity index (χ4v) is 7.29. The minimum Gasteiger partial charge on any atom is -0.476 e. The van der Waals surface area contributed by atoms with Gasteiger partial charge in [0.2, 0.25) is 15.9 Å². The summed E-state index contributed by atoms with van der Waals surface area (Å²) in [4.78, 5) is 15.4. The number of fused-ring (bicyclic) bond motifs is 1. The van der Waals surface area contributed by atoms with Crippen LogP contribution in [-0.4, -0.2) is 62.1 Å². The Labute approximate surface area is 200 Å². The number of rotatable bonds is 8. The molecule has 5 aliphatic rings. The smallest absolute Gasteiger partial charge is 0.368 e. The van der Waals surface area contributed by atoms with Crippen molar-refractivity contribution in [2.45, 2.75) is 68.3 Å². The minimum absolute atomic E-state index is 0.00842. The van der Waals surface area contributed by atoms with Gasteiger partial charge >= 0.3 is 5.97 Å². The Kier molecular flexibility index (Phi) is 5.79. The second-order valence-corrected chi connectivity index (χ2v) is 12.1. The molecule has 8 nitrogen and oxygen atoms in total. The number of halogens is 1. The number of unbranched alkanes of at least 4 members (excludes halogenated alkanes) is 1. The molecule has 4 fully saturated rings. The Morgan fingerprint density at radius 1 is 1.26 bits per heavy atom. The zero-order valence-corrected chi connectivity index (χ0v) is 20.5. The van der Waals surface area contributed by atoms with E-state index in [4.69, 9.17) is 9.84 Å². The Bertz CT molecular complexity index is 1120. The summed E-state index contributed by atoms with van der Waals surface area (Å²) in [6, 6.07) is 3.18. The lowest BCUT2D eigenvalue weighted by Crippen LogP contribution is -2.69. The maximum Gasteiger partial charge on any atom is 0.368 e. The number of hydrogen-bond acceptors (Lipinski definition) is 6. The van der Waals surface area contributed by atoms with Gasteiger partial charge in [0.05, 0.1) is 11.4 Å². The van der Waals surface area contributed by atoms with Crippen LogP contribution in [0.4, 0.5) is 15.8 Å². The third-order valence-corrected chi connectivity index (χ3v) is 9.99. The van der Waals surface area contributed by atoms with Crippen molar-refractivity contribution in [1.82, 2.24) is 4.31 Å². The second kappa shape index (κ2) is 8.41. The first-order valence-corrected chi connectivity index (χ1v) is 13.5. The van der Waals surface area contributed by atoms with E-state index in [0.717, 1.165) is 64.0 Å². The van der Waals surface area contributed by atoms with Gasteiger partial charge in [0.25, 0.3) is 0 Å². The van der Waals surface area contributed by atoms with Crippen LogP contribution in [0, 0.1) is 5.92 Å². The molecule has 10 heteroatoms. The molecule has 1 atom stereocenters. The molecule has 186 valence electrons. The van der Waals surface area contributed by atoms with Crippen molar-refractivity contribution in [3.05, 3.63) is 24.2 Å². The van der Waals surface area contributed by atoms with Gasteiger partial charge in [-0.15, -0.1) is 0 Å². The van der Waals surface area contributed by atoms with Gasteiger partial charge in [-0.25, -0.2) is 13.2 Å². The highest BCUT2D eigenvalue weighted by molar-refractivity contribution is 7.89. The molecule has 0 radical (unpaired) electrons. The number of likely N-dealkylation sites (N-methyl/N-ethyl adjacent to an activating group) is 1. The molecule has 2 aliphatic heterocycles. The molecule has 0 spiro atoms. The number of sulfonamides is 1. The Morgan fingerprint density at radius 3 is 2.50 bits per heavy atom. The zero-order chi connectivity index (χ0) is 24.3. The molecular weight excluding hydrogens is 461 g/mol. The number of hydrogen-bond donors (Lipinski definition) is 1. The lowest BCUT2D eigenvalue weighted by Gasteiger charge is -2.67. The number of nitrogens with zero attached hydrogens (tertiary/aromatic N) is 3. The second-order valence-electron chi connectivity index (χ2n) is 10.1. The van der Waals surface area contributed by atoms with Crippen LogP contribution in [0.15, 0.2) is 29.1 Å². The fraction of sp³-hybridized carbons (Fsp3) is 0.625. The van der Waals surface area contributed by atoms with Crippen LogP contribution >= 0.6 is 0 Å². The molecule has 3 aliphatic carbocycles. The van der Waals surface area contributed by atoms with Crippen LogP contribution in [-0.2, 0) is 14.8 Å². The van der Waals surface area contributed by atoms with Gasteiger partial charge in [0, 0.05) is 44.3 Å². The number of benzene rings is 1. The van der Waals surface area contributed by atoms with Gasteiger partial charge in [0.15, 0.2) is 5.75 Å². The summed E-state index contributed by atoms with van der Waals surface area (Å²) in [6.07, 6.45) is 7.49. The average molecular weight is 494 g/mol. The molecule has 1 saturated heterocycles. The predicted octanol–water partition coefficient (Wildman–Crippen LogP) is 3.72. The summed E-state index contributed by atoms with van der Waals surface area (Å²) in [7, 11) is -2.21. The average Bonchev–Trinajstić information content (AvgIpc) is 2.76. The number of ether oxygens (including phenoxy) is 1. The highest BCUT2D eigenvalue weighted by Crippen LogP contribution is 2.62. The lowest BCUT2D eigenvalue weighted by atomic mass is 9.49. The van der Waals surface area contributed by atoms with E-state index in [-0.39, 0.29) is 22.2 Å². The molecular formula is C24H32FN3O5S. The predicted molar refractivity (Wildman–Crippen MR) is 126 cm³/mol. The molecule has 0 unspecified atom stereocenters. The zero-order valence-electron chi connectivity index (χ0n) is 19.7. The number of anilines is 2. The highest BCUT2D eigenvalue weighted by atomic mass is 32.2. The Balaban J connectivity index is 1.64. The van der Waals surface area contributed by atoms with Gasteiger partial charge in [-0.1, -0.05) is 19.8 Å². The summed E-state index contributed by atoms with van der Waals surface area (Å²) < 4.78 is 48.2. The monoisotopic (exact) mass is 493 g/mol. The highest BCUT2D eigenvalue weighted by Gasteiger charge is 2.61. The van der Waals surface area contributed by atoms with Crippen molar-refractivity contribution in [1.29, 1.82) is 0 Å². The fourth-order valence-electron chi connectivity index (χ4n) is 5.72. The molecule has 0 amide bonds. The molecule has 1 N–H and O–H groups in total. The largest absolute Gasteiger partial charge is 0.476 e. The van der Waals surface area contributed by atoms with Crippen molar-refractivity contribution in [2.75, 3.05) is 36.5 Å². The van der Waals surface area contributed by atoms with Gasteiger partial charge in [-0.05, 0) is 44.1 Å². The summed E-state index contributed by atoms with van der Waals surface area (Å²) >= 11 is 0. The van der Waals surface area contributed by atoms with E-state index < -0.39 is 21.8 Å². The lowest BCUT2D eigenvalue weighted by molar-refractivity contribution is -0.134. The molecule has 34 heavy (non-hydrogen) atoms. The van der Waals surface area contributed by atoms with Gasteiger partial charge in [0.1, 0.15) is 11.2 Å². The van der Waals surface area contributed by atoms with Crippen molar-refractivity contribution in [3.63, 3.8) is 0 Å². The maximum atomic E-state index is 13.8. The standard InChI is InChI=1S/C24H32FN3O5S/c1-3-4-6-17-14-28(24-11-16(12-24)13-24)20-9-19(27-7-5-8-27)21(33-15-18(25)23(29)30)10-22(20)34(31,32)26(17)2/h9-10,15-17H,3-8,11-14H2,1-2H3,(H,29,30)/b18-15-/t16?,17-,24?/m1/s1. The van der Waals surface area contributed by atoms with E-state index in [1.165, 1.54) is 10.4 Å². The SMILES string of the molecule is CCCC[C@@H]1CN(C23CC(C2)C3)c2cc(N3CCC3)c(O/C=C(\F)C(=O)O)cc2S(=O)(=O)N1C. The maximum absolute atomic E-state index is 13.8. The van der Waals surface area contributed by atoms with Crippen molar-refractivity contribution in [2.24, 2.45) is 5.92 Å². The third-order valence-electron chi connectivity index (χ3n) is 8.06. The van der Waals surface area contributed by atoms with E-state index in [1.54, 1.807) is 7.05 Å². The van der Waals surface area contributed by atoms with Crippen molar-refractivity contribution >= 4 is 27.4 Å². The summed E-state index contributed by atoms with van der Waals surface area (Å²) in [5.74, 6) is -2.30. The van der Waals surface area contributed by atoms with Crippen molar-refractivity contribution in [3.8, 4) is 5.75 Å². The van der Waals surface area contributed by atoms with Crippen molar-refractivity contribution < 1.29 is 27.4 Å². The minimum atomic E-state index is -3.84. The van der Waals surface area contributed by atoms with Gasteiger partial charge in [-0.3, -0.25) is 0 Å². The van der Waals surface area contributed by atoms with Gasteiger partial charge in [-0.2, -0.15) is 8.70 Å². The van der Waals surface area contributed by atoms with Crippen LogP contribution < -0.4 is 14.5 Å². The quantitative estimate of drug-likeness (QED) is 0.436. The first-order chi connectivity index (χ1) is 16.2. The topological polar surface area (TPSA) is 90.4 Å². The summed E-state index contributed by atoms with van der Waals surface area (Å²) in [5.41, 5.74) is 1.36. The first-order valence-electron chi connectivity index (χ1n) is 12.1. The molecule has 2 heterocycles. The summed E-state index contributed by atoms with van der Waals surface area (Å²) in [6.45, 7) is 4.30. The van der Waals surface area contributed by atoms with Gasteiger partial charge < -0.3 is 19.6 Å². The Morgan fingerprint density at radius 2 is 1.97 bits per heavy atom. The van der Waals surface area contributed by atoms with E-state index in [9.17, 15) is 17.6 Å². The molecule has 0 aromatic heterocycles. The van der Waals surface area contributed by atoms with E-state index in [1.807, 2.05) is 6.07 Å². The third kappa shape index (κ3) is 3.66. The van der Waals surface area contributed by atoms with E-state index in [2.05, 4.69) is 16.7 Å². The number of carboxylic acid groups (broad SMARTS) is 1. The first kappa shape index (κ1) is 23.4.